The summed E-state index contributed by atoms with van der Waals surface area (Å²) in [6.07, 6.45) is 1.83. The molecule has 3 rings (SSSR count). The van der Waals surface area contributed by atoms with Crippen LogP contribution in [0.15, 0.2) is 40.3 Å². The first kappa shape index (κ1) is 14.9. The smallest absolute Gasteiger partial charge is 0.170 e. The Labute approximate surface area is 142 Å². The predicted octanol–water partition coefficient (Wildman–Crippen LogP) is 4.29. The Morgan fingerprint density at radius 3 is 2.81 bits per heavy atom. The van der Waals surface area contributed by atoms with Crippen molar-refractivity contribution < 1.29 is 0 Å². The van der Waals surface area contributed by atoms with E-state index in [4.69, 9.17) is 12.2 Å². The number of thiophene rings is 1. The molecular weight excluding hydrogens is 366 g/mol. The zero-order valence-electron chi connectivity index (χ0n) is 11.8. The first-order chi connectivity index (χ1) is 10.1. The Bertz CT molecular complexity index is 641. The van der Waals surface area contributed by atoms with Gasteiger partial charge in [0.25, 0.3) is 0 Å². The fraction of sp³-hybridized carbons (Fsp3) is 0.333. The molecule has 3 heterocycles. The fourth-order valence-electron chi connectivity index (χ4n) is 2.71. The van der Waals surface area contributed by atoms with Crippen molar-refractivity contribution in [3.05, 3.63) is 50.9 Å². The van der Waals surface area contributed by atoms with Crippen LogP contribution in [0.25, 0.3) is 0 Å². The summed E-state index contributed by atoms with van der Waals surface area (Å²) in [4.78, 5) is 8.08. The van der Waals surface area contributed by atoms with E-state index in [9.17, 15) is 0 Å². The maximum Gasteiger partial charge on any atom is 0.170 e. The van der Waals surface area contributed by atoms with Gasteiger partial charge >= 0.3 is 0 Å². The molecular formula is C15H16BrN3S2. The lowest BCUT2D eigenvalue weighted by atomic mass is 10.0. The van der Waals surface area contributed by atoms with E-state index < -0.39 is 0 Å². The van der Waals surface area contributed by atoms with E-state index in [1.165, 1.54) is 4.88 Å². The van der Waals surface area contributed by atoms with Gasteiger partial charge in [0.15, 0.2) is 5.11 Å². The van der Waals surface area contributed by atoms with Gasteiger partial charge in [-0.25, -0.2) is 0 Å². The third-order valence-corrected chi connectivity index (χ3v) is 5.66. The molecule has 0 bridgehead atoms. The second kappa shape index (κ2) is 6.02. The third-order valence-electron chi connectivity index (χ3n) is 3.57. The molecule has 21 heavy (non-hydrogen) atoms. The van der Waals surface area contributed by atoms with Crippen molar-refractivity contribution in [3.8, 4) is 0 Å². The van der Waals surface area contributed by atoms with Crippen molar-refractivity contribution in [1.82, 2.24) is 15.2 Å². The van der Waals surface area contributed by atoms with Crippen LogP contribution in [0.2, 0.25) is 0 Å². The van der Waals surface area contributed by atoms with Crippen molar-refractivity contribution in [2.24, 2.45) is 0 Å². The maximum absolute atomic E-state index is 5.56. The summed E-state index contributed by atoms with van der Waals surface area (Å²) in [5.41, 5.74) is 1.03. The number of nitrogens with one attached hydrogen (secondary N) is 1. The van der Waals surface area contributed by atoms with E-state index in [0.717, 1.165) is 15.3 Å². The van der Waals surface area contributed by atoms with Gasteiger partial charge in [-0.1, -0.05) is 6.07 Å². The van der Waals surface area contributed by atoms with Gasteiger partial charge in [0.1, 0.15) is 0 Å². The van der Waals surface area contributed by atoms with Gasteiger partial charge < -0.3 is 10.2 Å². The molecule has 2 aromatic heterocycles. The van der Waals surface area contributed by atoms with Gasteiger partial charge in [-0.2, -0.15) is 0 Å². The molecule has 0 spiro atoms. The molecule has 0 saturated carbocycles. The molecule has 2 atom stereocenters. The largest absolute Gasteiger partial charge is 0.352 e. The van der Waals surface area contributed by atoms with Gasteiger partial charge in [0.05, 0.1) is 17.8 Å². The number of rotatable bonds is 3. The number of pyridine rings is 1. The molecule has 6 heteroatoms. The highest BCUT2D eigenvalue weighted by atomic mass is 79.9. The fourth-order valence-corrected chi connectivity index (χ4v) is 4.74. The van der Waals surface area contributed by atoms with Gasteiger partial charge in [-0.15, -0.1) is 11.3 Å². The Hall–Kier alpha value is -0.980. The molecule has 110 valence electrons. The van der Waals surface area contributed by atoms with Crippen LogP contribution in [0.5, 0.6) is 0 Å². The molecule has 1 N–H and O–H groups in total. The molecule has 0 amide bonds. The number of nitrogens with zero attached hydrogens (tertiary/aromatic N) is 2. The quantitative estimate of drug-likeness (QED) is 0.802. The average molecular weight is 382 g/mol. The summed E-state index contributed by atoms with van der Waals surface area (Å²) in [6.45, 7) is 4.34. The molecule has 2 aromatic rings. The molecule has 1 aliphatic heterocycles. The normalized spacial score (nSPS) is 21.9. The SMILES string of the molecule is CC(C)N1C(=S)N[C@@H](c2ccccn2)[C@@H]1c1cc(Br)cs1. The molecule has 0 aliphatic carbocycles. The number of thiocarbonyl (C=S) groups is 1. The lowest BCUT2D eigenvalue weighted by Crippen LogP contribution is -2.35. The number of aromatic nitrogens is 1. The van der Waals surface area contributed by atoms with Crippen molar-refractivity contribution in [1.29, 1.82) is 0 Å². The lowest BCUT2D eigenvalue weighted by Gasteiger charge is -2.30. The predicted molar refractivity (Wildman–Crippen MR) is 94.4 cm³/mol. The maximum atomic E-state index is 5.56. The van der Waals surface area contributed by atoms with Gasteiger partial charge in [0, 0.05) is 27.0 Å². The summed E-state index contributed by atoms with van der Waals surface area (Å²) in [5, 5.41) is 6.36. The molecule has 1 fully saturated rings. The molecule has 0 aromatic carbocycles. The minimum Gasteiger partial charge on any atom is -0.352 e. The third kappa shape index (κ3) is 2.84. The molecule has 3 nitrogen and oxygen atoms in total. The van der Waals surface area contributed by atoms with Crippen LogP contribution >= 0.6 is 39.5 Å². The Kier molecular flexibility index (Phi) is 4.28. The van der Waals surface area contributed by atoms with E-state index in [1.807, 2.05) is 18.3 Å². The Morgan fingerprint density at radius 1 is 1.43 bits per heavy atom. The van der Waals surface area contributed by atoms with Gasteiger partial charge in [-0.3, -0.25) is 4.98 Å². The van der Waals surface area contributed by atoms with E-state index in [-0.39, 0.29) is 12.1 Å². The van der Waals surface area contributed by atoms with E-state index in [1.54, 1.807) is 11.3 Å². The van der Waals surface area contributed by atoms with Crippen molar-refractivity contribution in [3.63, 3.8) is 0 Å². The van der Waals surface area contributed by atoms with Crippen LogP contribution < -0.4 is 5.32 Å². The first-order valence-electron chi connectivity index (χ1n) is 6.81. The van der Waals surface area contributed by atoms with E-state index in [0.29, 0.717) is 6.04 Å². The van der Waals surface area contributed by atoms with Crippen LogP contribution in [-0.4, -0.2) is 21.0 Å². The monoisotopic (exact) mass is 381 g/mol. The second-order valence-electron chi connectivity index (χ2n) is 5.29. The molecule has 1 saturated heterocycles. The number of hydrogen-bond acceptors (Lipinski definition) is 3. The van der Waals surface area contributed by atoms with E-state index >= 15 is 0 Å². The molecule has 0 radical (unpaired) electrons. The van der Waals surface area contributed by atoms with Crippen LogP contribution in [0, 0.1) is 0 Å². The summed E-state index contributed by atoms with van der Waals surface area (Å²) in [6, 6.07) is 8.80. The van der Waals surface area contributed by atoms with Gasteiger partial charge in [-0.05, 0) is 60.2 Å². The highest BCUT2D eigenvalue weighted by Crippen LogP contribution is 2.42. The topological polar surface area (TPSA) is 28.2 Å². The van der Waals surface area contributed by atoms with Gasteiger partial charge in [0.2, 0.25) is 0 Å². The standard InChI is InChI=1S/C15H16BrN3S2/c1-9(2)19-14(12-7-10(16)8-21-12)13(18-15(19)20)11-5-3-4-6-17-11/h3-9,13-14H,1-2H3,(H,18,20)/t13-,14-/m0/s1. The Balaban J connectivity index is 2.05. The van der Waals surface area contributed by atoms with Crippen LogP contribution in [0.1, 0.15) is 36.5 Å². The second-order valence-corrected chi connectivity index (χ2v) is 7.54. The summed E-state index contributed by atoms with van der Waals surface area (Å²) in [7, 11) is 0. The highest BCUT2D eigenvalue weighted by Gasteiger charge is 2.41. The zero-order chi connectivity index (χ0) is 15.0. The lowest BCUT2D eigenvalue weighted by molar-refractivity contribution is 0.273. The summed E-state index contributed by atoms with van der Waals surface area (Å²) < 4.78 is 1.11. The van der Waals surface area contributed by atoms with Crippen LogP contribution in [0.4, 0.5) is 0 Å². The minimum absolute atomic E-state index is 0.0895. The van der Waals surface area contributed by atoms with E-state index in [2.05, 4.69) is 62.5 Å². The highest BCUT2D eigenvalue weighted by molar-refractivity contribution is 9.10. The van der Waals surface area contributed by atoms with Crippen molar-refractivity contribution in [2.75, 3.05) is 0 Å². The number of hydrogen-bond donors (Lipinski definition) is 1. The first-order valence-corrected chi connectivity index (χ1v) is 8.89. The summed E-state index contributed by atoms with van der Waals surface area (Å²) in [5.74, 6) is 0. The summed E-state index contributed by atoms with van der Waals surface area (Å²) >= 11 is 10.9. The minimum atomic E-state index is 0.0895. The number of halogens is 1. The zero-order valence-corrected chi connectivity index (χ0v) is 15.0. The van der Waals surface area contributed by atoms with Crippen molar-refractivity contribution in [2.45, 2.75) is 32.0 Å². The molecule has 1 aliphatic rings. The van der Waals surface area contributed by atoms with Crippen molar-refractivity contribution >= 4 is 44.6 Å². The van der Waals surface area contributed by atoms with Crippen LogP contribution in [-0.2, 0) is 0 Å². The Morgan fingerprint density at radius 2 is 2.24 bits per heavy atom. The average Bonchev–Trinajstić information content (AvgIpc) is 3.03. The van der Waals surface area contributed by atoms with Crippen LogP contribution in [0.3, 0.4) is 0 Å². The molecule has 0 unspecified atom stereocenters.